The molecule has 0 bridgehead atoms. The van der Waals surface area contributed by atoms with Crippen LogP contribution in [0, 0.1) is 0 Å². The van der Waals surface area contributed by atoms with Crippen LogP contribution in [0.3, 0.4) is 0 Å². The number of likely N-dealkylation sites (tertiary alicyclic amines) is 1. The maximum absolute atomic E-state index is 12.7. The number of fused-ring (bicyclic) bond motifs is 1. The lowest BCUT2D eigenvalue weighted by Gasteiger charge is -2.19. The summed E-state index contributed by atoms with van der Waals surface area (Å²) in [6.45, 7) is 1.16. The number of rotatable bonds is 2. The number of nitrogens with zero attached hydrogens (tertiary/aromatic N) is 1. The summed E-state index contributed by atoms with van der Waals surface area (Å²) in [6, 6.07) is 9.88. The molecule has 1 unspecified atom stereocenters. The van der Waals surface area contributed by atoms with E-state index in [9.17, 15) is 13.2 Å². The van der Waals surface area contributed by atoms with Gasteiger partial charge in [0.1, 0.15) is 9.84 Å². The first-order chi connectivity index (χ1) is 10.4. The van der Waals surface area contributed by atoms with E-state index in [1.54, 1.807) is 4.90 Å². The number of hydrogen-bond donors (Lipinski definition) is 0. The third-order valence-electron chi connectivity index (χ3n) is 4.20. The zero-order valence-electron chi connectivity index (χ0n) is 12.5. The second kappa shape index (κ2) is 6.01. The Morgan fingerprint density at radius 1 is 1.23 bits per heavy atom. The van der Waals surface area contributed by atoms with E-state index in [4.69, 9.17) is 0 Å². The summed E-state index contributed by atoms with van der Waals surface area (Å²) in [6.07, 6.45) is 3.22. The van der Waals surface area contributed by atoms with Gasteiger partial charge in [-0.3, -0.25) is 4.79 Å². The highest BCUT2D eigenvalue weighted by atomic mass is 32.2. The summed E-state index contributed by atoms with van der Waals surface area (Å²) in [5, 5.41) is 0.771. The molecule has 1 aromatic carbocycles. The molecule has 1 aliphatic rings. The lowest BCUT2D eigenvalue weighted by atomic mass is 10.2. The number of benzene rings is 1. The van der Waals surface area contributed by atoms with Gasteiger partial charge in [0, 0.05) is 24.0 Å². The van der Waals surface area contributed by atoms with Crippen LogP contribution in [0.15, 0.2) is 30.3 Å². The fourth-order valence-corrected chi connectivity index (χ4v) is 5.10. The zero-order valence-corrected chi connectivity index (χ0v) is 14.1. The molecule has 3 rings (SSSR count). The minimum Gasteiger partial charge on any atom is -0.338 e. The van der Waals surface area contributed by atoms with Crippen molar-refractivity contribution in [2.24, 2.45) is 0 Å². The van der Waals surface area contributed by atoms with Gasteiger partial charge in [0.25, 0.3) is 5.91 Å². The van der Waals surface area contributed by atoms with Crippen LogP contribution in [0.2, 0.25) is 0 Å². The van der Waals surface area contributed by atoms with E-state index in [0.29, 0.717) is 25.9 Å². The van der Waals surface area contributed by atoms with Gasteiger partial charge in [-0.05, 0) is 36.8 Å². The van der Waals surface area contributed by atoms with Crippen LogP contribution in [0.1, 0.15) is 28.9 Å². The molecule has 1 amide bonds. The summed E-state index contributed by atoms with van der Waals surface area (Å²) >= 11 is 1.50. The normalized spacial score (nSPS) is 20.0. The molecular formula is C16H19NO3S2. The van der Waals surface area contributed by atoms with Crippen LogP contribution in [0.5, 0.6) is 0 Å². The monoisotopic (exact) mass is 337 g/mol. The van der Waals surface area contributed by atoms with E-state index in [1.807, 2.05) is 30.3 Å². The summed E-state index contributed by atoms with van der Waals surface area (Å²) in [7, 11) is -3.02. The van der Waals surface area contributed by atoms with Crippen molar-refractivity contribution < 1.29 is 13.2 Å². The Hall–Kier alpha value is -1.40. The quantitative estimate of drug-likeness (QED) is 0.846. The molecule has 118 valence electrons. The van der Waals surface area contributed by atoms with Crippen LogP contribution < -0.4 is 0 Å². The number of thiophene rings is 1. The van der Waals surface area contributed by atoms with Crippen LogP contribution in [0.25, 0.3) is 10.1 Å². The molecular weight excluding hydrogens is 318 g/mol. The van der Waals surface area contributed by atoms with E-state index in [-0.39, 0.29) is 11.2 Å². The van der Waals surface area contributed by atoms with Crippen molar-refractivity contribution in [1.82, 2.24) is 4.90 Å². The van der Waals surface area contributed by atoms with Gasteiger partial charge >= 0.3 is 0 Å². The molecule has 0 aliphatic carbocycles. The minimum absolute atomic E-state index is 0.0235. The molecule has 1 saturated heterocycles. The lowest BCUT2D eigenvalue weighted by molar-refractivity contribution is 0.0766. The summed E-state index contributed by atoms with van der Waals surface area (Å²) in [4.78, 5) is 15.2. The Morgan fingerprint density at radius 3 is 2.73 bits per heavy atom. The van der Waals surface area contributed by atoms with Crippen molar-refractivity contribution in [3.8, 4) is 0 Å². The number of carbonyl (C=O) groups excluding carboxylic acids is 1. The minimum atomic E-state index is -3.02. The number of sulfone groups is 1. The molecule has 2 aromatic rings. The number of amides is 1. The smallest absolute Gasteiger partial charge is 0.263 e. The predicted molar refractivity (Wildman–Crippen MR) is 90.2 cm³/mol. The third kappa shape index (κ3) is 3.17. The number of carbonyl (C=O) groups is 1. The van der Waals surface area contributed by atoms with Crippen LogP contribution >= 0.6 is 11.3 Å². The van der Waals surface area contributed by atoms with Gasteiger partial charge in [0.05, 0.1) is 10.1 Å². The Labute approximate surface area is 134 Å². The van der Waals surface area contributed by atoms with Crippen molar-refractivity contribution >= 4 is 37.2 Å². The fourth-order valence-electron chi connectivity index (χ4n) is 2.94. The highest BCUT2D eigenvalue weighted by molar-refractivity contribution is 7.91. The van der Waals surface area contributed by atoms with Crippen molar-refractivity contribution in [3.63, 3.8) is 0 Å². The largest absolute Gasteiger partial charge is 0.338 e. The standard InChI is InChI=1S/C16H19NO3S2/c1-22(19,20)13-6-4-9-17(10-8-13)16(18)15-11-12-5-2-3-7-14(12)21-15/h2-3,5,7,11,13H,4,6,8-10H2,1H3. The van der Waals surface area contributed by atoms with Gasteiger partial charge < -0.3 is 4.90 Å². The molecule has 1 atom stereocenters. The molecule has 0 N–H and O–H groups in total. The van der Waals surface area contributed by atoms with Crippen molar-refractivity contribution in [2.45, 2.75) is 24.5 Å². The molecule has 0 radical (unpaired) electrons. The molecule has 2 heterocycles. The van der Waals surface area contributed by atoms with Gasteiger partial charge in [0.15, 0.2) is 0 Å². The SMILES string of the molecule is CS(=O)(=O)C1CCCN(C(=O)c2cc3ccccc3s2)CC1. The summed E-state index contributed by atoms with van der Waals surface area (Å²) in [5.41, 5.74) is 0. The topological polar surface area (TPSA) is 54.5 Å². The molecule has 6 heteroatoms. The Balaban J connectivity index is 1.77. The summed E-state index contributed by atoms with van der Waals surface area (Å²) in [5.74, 6) is 0.0235. The van der Waals surface area contributed by atoms with Crippen molar-refractivity contribution in [3.05, 3.63) is 35.2 Å². The molecule has 4 nitrogen and oxygen atoms in total. The first kappa shape index (κ1) is 15.5. The van der Waals surface area contributed by atoms with E-state index >= 15 is 0 Å². The molecule has 0 saturated carbocycles. The molecule has 1 fully saturated rings. The second-order valence-electron chi connectivity index (χ2n) is 5.82. The van der Waals surface area contributed by atoms with E-state index < -0.39 is 9.84 Å². The fraction of sp³-hybridized carbons (Fsp3) is 0.438. The molecule has 1 aliphatic heterocycles. The average molecular weight is 337 g/mol. The maximum atomic E-state index is 12.7. The first-order valence-corrected chi connectivity index (χ1v) is 10.2. The van der Waals surface area contributed by atoms with Gasteiger partial charge in [-0.1, -0.05) is 18.2 Å². The third-order valence-corrected chi connectivity index (χ3v) is 6.99. The Kier molecular flexibility index (Phi) is 4.23. The van der Waals surface area contributed by atoms with E-state index in [0.717, 1.165) is 21.4 Å². The molecule has 1 aromatic heterocycles. The maximum Gasteiger partial charge on any atom is 0.263 e. The second-order valence-corrected chi connectivity index (χ2v) is 9.23. The van der Waals surface area contributed by atoms with E-state index in [2.05, 4.69) is 0 Å². The Morgan fingerprint density at radius 2 is 2.00 bits per heavy atom. The lowest BCUT2D eigenvalue weighted by Crippen LogP contribution is -2.32. The first-order valence-electron chi connectivity index (χ1n) is 7.42. The average Bonchev–Trinajstić information content (AvgIpc) is 2.73. The van der Waals surface area contributed by atoms with E-state index in [1.165, 1.54) is 17.6 Å². The molecule has 0 spiro atoms. The van der Waals surface area contributed by atoms with Gasteiger partial charge in [-0.2, -0.15) is 0 Å². The molecule has 22 heavy (non-hydrogen) atoms. The van der Waals surface area contributed by atoms with Crippen molar-refractivity contribution in [1.29, 1.82) is 0 Å². The van der Waals surface area contributed by atoms with Gasteiger partial charge in [0.2, 0.25) is 0 Å². The number of hydrogen-bond acceptors (Lipinski definition) is 4. The Bertz CT molecular complexity index is 762. The zero-order chi connectivity index (χ0) is 15.7. The van der Waals surface area contributed by atoms with Crippen LogP contribution in [-0.4, -0.2) is 43.8 Å². The van der Waals surface area contributed by atoms with Crippen molar-refractivity contribution in [2.75, 3.05) is 19.3 Å². The van der Waals surface area contributed by atoms with Crippen LogP contribution in [-0.2, 0) is 9.84 Å². The van der Waals surface area contributed by atoms with Gasteiger partial charge in [-0.15, -0.1) is 11.3 Å². The highest BCUT2D eigenvalue weighted by Crippen LogP contribution is 2.27. The van der Waals surface area contributed by atoms with Gasteiger partial charge in [-0.25, -0.2) is 8.42 Å². The highest BCUT2D eigenvalue weighted by Gasteiger charge is 2.27. The summed E-state index contributed by atoms with van der Waals surface area (Å²) < 4.78 is 24.5. The van der Waals surface area contributed by atoms with Crippen LogP contribution in [0.4, 0.5) is 0 Å². The predicted octanol–water partition coefficient (Wildman–Crippen LogP) is 2.94.